The summed E-state index contributed by atoms with van der Waals surface area (Å²) < 4.78 is 0.893. The van der Waals surface area contributed by atoms with Crippen molar-refractivity contribution in [2.75, 3.05) is 5.01 Å². The summed E-state index contributed by atoms with van der Waals surface area (Å²) in [6.45, 7) is 2.00. The smallest absolute Gasteiger partial charge is 0.331 e. The number of hydrazone groups is 1. The Kier molecular flexibility index (Phi) is 7.34. The Balaban J connectivity index is 1.91. The first-order chi connectivity index (χ1) is 14.3. The van der Waals surface area contributed by atoms with Gasteiger partial charge in [0, 0.05) is 10.0 Å². The minimum Gasteiger partial charge on any atom is -0.478 e. The summed E-state index contributed by atoms with van der Waals surface area (Å²) in [4.78, 5) is 25.0. The number of hydrogen-bond donors (Lipinski definition) is 1. The number of carboxylic acids is 1. The molecule has 0 saturated carbocycles. The number of halogens is 3. The van der Waals surface area contributed by atoms with Gasteiger partial charge in [-0.05, 0) is 60.9 Å². The van der Waals surface area contributed by atoms with Gasteiger partial charge in [-0.15, -0.1) is 0 Å². The van der Waals surface area contributed by atoms with E-state index in [9.17, 15) is 14.7 Å². The topological polar surface area (TPSA) is 70.0 Å². The zero-order chi connectivity index (χ0) is 21.8. The normalized spacial score (nSPS) is 16.7. The van der Waals surface area contributed by atoms with Gasteiger partial charge in [0.25, 0.3) is 5.91 Å². The molecular weight excluding hydrogens is 491 g/mol. The third kappa shape index (κ3) is 5.12. The first kappa shape index (κ1) is 22.5. The molecule has 1 N–H and O–H groups in total. The van der Waals surface area contributed by atoms with Gasteiger partial charge < -0.3 is 5.11 Å². The number of anilines is 1. The molecule has 1 amide bonds. The Morgan fingerprint density at radius 1 is 1.20 bits per heavy atom. The molecule has 1 unspecified atom stereocenters. The maximum atomic E-state index is 13.1. The largest absolute Gasteiger partial charge is 0.478 e. The molecule has 1 atom stereocenters. The molecule has 0 radical (unpaired) electrons. The van der Waals surface area contributed by atoms with Crippen LogP contribution in [0.15, 0.2) is 57.6 Å². The first-order valence-electron chi connectivity index (χ1n) is 9.36. The van der Waals surface area contributed by atoms with Crippen molar-refractivity contribution >= 4 is 68.5 Å². The standard InChI is InChI=1S/C22H19BrCl2N2O3/c1-2-3-20-17(21(28)27(26-20)16-7-5-15(23)6-8-16)12-14(22(29)30)10-13-4-9-18(24)19(25)11-13/h4-11,17H,2-3,12H2,1H3,(H,29,30). The number of carbonyl (C=O) groups excluding carboxylic acids is 1. The first-order valence-corrected chi connectivity index (χ1v) is 10.9. The van der Waals surface area contributed by atoms with Gasteiger partial charge in [0.15, 0.2) is 0 Å². The van der Waals surface area contributed by atoms with Crippen LogP contribution in [0.4, 0.5) is 5.69 Å². The van der Waals surface area contributed by atoms with Crippen molar-refractivity contribution in [3.05, 3.63) is 68.1 Å². The third-order valence-corrected chi connectivity index (χ3v) is 5.97. The lowest BCUT2D eigenvalue weighted by Gasteiger charge is -2.15. The van der Waals surface area contributed by atoms with Gasteiger partial charge in [0.1, 0.15) is 0 Å². The number of aliphatic carboxylic acids is 1. The van der Waals surface area contributed by atoms with Crippen LogP contribution in [-0.4, -0.2) is 22.7 Å². The van der Waals surface area contributed by atoms with E-state index in [4.69, 9.17) is 23.2 Å². The number of nitrogens with zero attached hydrogens (tertiary/aromatic N) is 2. The van der Waals surface area contributed by atoms with Gasteiger partial charge in [-0.2, -0.15) is 5.10 Å². The highest BCUT2D eigenvalue weighted by Gasteiger charge is 2.37. The second-order valence-corrected chi connectivity index (χ2v) is 8.60. The van der Waals surface area contributed by atoms with E-state index >= 15 is 0 Å². The molecule has 0 bridgehead atoms. The average molecular weight is 510 g/mol. The van der Waals surface area contributed by atoms with Crippen LogP contribution in [0.2, 0.25) is 10.0 Å². The number of amides is 1. The van der Waals surface area contributed by atoms with Crippen molar-refractivity contribution in [2.45, 2.75) is 26.2 Å². The predicted octanol–water partition coefficient (Wildman–Crippen LogP) is 6.43. The van der Waals surface area contributed by atoms with Gasteiger partial charge in [-0.25, -0.2) is 9.80 Å². The highest BCUT2D eigenvalue weighted by molar-refractivity contribution is 9.10. The van der Waals surface area contributed by atoms with Crippen molar-refractivity contribution in [3.8, 4) is 0 Å². The monoisotopic (exact) mass is 508 g/mol. The van der Waals surface area contributed by atoms with Crippen molar-refractivity contribution < 1.29 is 14.7 Å². The van der Waals surface area contributed by atoms with E-state index in [0.717, 1.165) is 10.9 Å². The van der Waals surface area contributed by atoms with Gasteiger partial charge in [-0.3, -0.25) is 4.79 Å². The maximum absolute atomic E-state index is 13.1. The fraction of sp³-hybridized carbons (Fsp3) is 0.227. The van der Waals surface area contributed by atoms with Crippen LogP contribution in [0.25, 0.3) is 6.08 Å². The molecule has 1 aliphatic heterocycles. The fourth-order valence-electron chi connectivity index (χ4n) is 3.22. The van der Waals surface area contributed by atoms with Crippen molar-refractivity contribution in [1.29, 1.82) is 0 Å². The second-order valence-electron chi connectivity index (χ2n) is 6.87. The molecule has 2 aromatic rings. The molecule has 0 fully saturated rings. The van der Waals surface area contributed by atoms with E-state index in [1.54, 1.807) is 30.3 Å². The van der Waals surface area contributed by atoms with Crippen LogP contribution in [-0.2, 0) is 9.59 Å². The Labute approximate surface area is 193 Å². The molecule has 0 saturated heterocycles. The molecule has 3 rings (SSSR count). The van der Waals surface area contributed by atoms with E-state index in [1.165, 1.54) is 11.1 Å². The second kappa shape index (κ2) is 9.77. The molecular formula is C22H19BrCl2N2O3. The third-order valence-electron chi connectivity index (χ3n) is 4.70. The SMILES string of the molecule is CCCC1=NN(c2ccc(Br)cc2)C(=O)C1CC(=Cc1ccc(Cl)c(Cl)c1)C(=O)O. The molecule has 0 aliphatic carbocycles. The van der Waals surface area contributed by atoms with E-state index in [2.05, 4.69) is 21.0 Å². The molecule has 0 aromatic heterocycles. The van der Waals surface area contributed by atoms with Gasteiger partial charge in [0.2, 0.25) is 0 Å². The zero-order valence-corrected chi connectivity index (χ0v) is 19.2. The maximum Gasteiger partial charge on any atom is 0.331 e. The Morgan fingerprint density at radius 3 is 2.50 bits per heavy atom. The number of hydrogen-bond acceptors (Lipinski definition) is 3. The lowest BCUT2D eigenvalue weighted by molar-refractivity contribution is -0.132. The Bertz CT molecular complexity index is 1040. The van der Waals surface area contributed by atoms with Crippen LogP contribution >= 0.6 is 39.1 Å². The van der Waals surface area contributed by atoms with Crippen molar-refractivity contribution in [2.24, 2.45) is 11.0 Å². The summed E-state index contributed by atoms with van der Waals surface area (Å²) in [5.74, 6) is -1.95. The van der Waals surface area contributed by atoms with Crippen LogP contribution in [0.1, 0.15) is 31.7 Å². The summed E-state index contributed by atoms with van der Waals surface area (Å²) in [7, 11) is 0. The summed E-state index contributed by atoms with van der Waals surface area (Å²) in [6.07, 6.45) is 2.97. The quantitative estimate of drug-likeness (QED) is 0.437. The highest BCUT2D eigenvalue weighted by Crippen LogP contribution is 2.31. The number of carbonyl (C=O) groups is 2. The van der Waals surface area contributed by atoms with Crippen molar-refractivity contribution in [3.63, 3.8) is 0 Å². The molecule has 8 heteroatoms. The van der Waals surface area contributed by atoms with E-state index in [0.29, 0.717) is 33.4 Å². The number of benzene rings is 2. The average Bonchev–Trinajstić information content (AvgIpc) is 3.00. The molecule has 2 aromatic carbocycles. The van der Waals surface area contributed by atoms with Crippen molar-refractivity contribution in [1.82, 2.24) is 0 Å². The Morgan fingerprint density at radius 2 is 1.90 bits per heavy atom. The summed E-state index contributed by atoms with van der Waals surface area (Å²) in [6, 6.07) is 12.1. The lowest BCUT2D eigenvalue weighted by atomic mass is 9.91. The van der Waals surface area contributed by atoms with Crippen LogP contribution in [0, 0.1) is 5.92 Å². The zero-order valence-electron chi connectivity index (χ0n) is 16.1. The fourth-order valence-corrected chi connectivity index (χ4v) is 3.79. The Hall–Kier alpha value is -2.15. The summed E-state index contributed by atoms with van der Waals surface area (Å²) in [5, 5.41) is 16.3. The van der Waals surface area contributed by atoms with Crippen LogP contribution in [0.3, 0.4) is 0 Å². The van der Waals surface area contributed by atoms with Gasteiger partial charge in [-0.1, -0.05) is 58.5 Å². The minimum absolute atomic E-state index is 0.0419. The van der Waals surface area contributed by atoms with E-state index in [-0.39, 0.29) is 17.9 Å². The van der Waals surface area contributed by atoms with Crippen LogP contribution < -0.4 is 5.01 Å². The molecule has 1 aliphatic rings. The van der Waals surface area contributed by atoms with Crippen LogP contribution in [0.5, 0.6) is 0 Å². The molecule has 0 spiro atoms. The van der Waals surface area contributed by atoms with Gasteiger partial charge in [0.05, 0.1) is 27.4 Å². The van der Waals surface area contributed by atoms with Gasteiger partial charge >= 0.3 is 5.97 Å². The molecule has 5 nitrogen and oxygen atoms in total. The summed E-state index contributed by atoms with van der Waals surface area (Å²) in [5.41, 5.74) is 2.04. The minimum atomic E-state index is -1.09. The van der Waals surface area contributed by atoms with E-state index < -0.39 is 11.9 Å². The predicted molar refractivity (Wildman–Crippen MR) is 124 cm³/mol. The number of rotatable bonds is 7. The highest BCUT2D eigenvalue weighted by atomic mass is 79.9. The molecule has 156 valence electrons. The van der Waals surface area contributed by atoms with E-state index in [1.807, 2.05) is 19.1 Å². The lowest BCUT2D eigenvalue weighted by Crippen LogP contribution is -2.28. The number of carboxylic acid groups (broad SMARTS) is 1. The molecule has 30 heavy (non-hydrogen) atoms. The molecule has 1 heterocycles. The summed E-state index contributed by atoms with van der Waals surface area (Å²) >= 11 is 15.4.